The normalized spacial score (nSPS) is 19.3. The fraction of sp³-hybridized carbons (Fsp3) is 0.381. The van der Waals surface area contributed by atoms with Gasteiger partial charge in [-0.25, -0.2) is 0 Å². The Morgan fingerprint density at radius 3 is 2.64 bits per heavy atom. The van der Waals surface area contributed by atoms with Crippen molar-refractivity contribution >= 4 is 5.91 Å². The Labute approximate surface area is 149 Å². The van der Waals surface area contributed by atoms with E-state index in [0.717, 1.165) is 22.6 Å². The molecular weight excluding hydrogens is 314 g/mol. The van der Waals surface area contributed by atoms with Gasteiger partial charge in [0.2, 0.25) is 0 Å². The number of rotatable bonds is 4. The molecular formula is C21H25NO3. The van der Waals surface area contributed by atoms with Crippen LogP contribution in [0.1, 0.15) is 44.4 Å². The van der Waals surface area contributed by atoms with Gasteiger partial charge in [0.25, 0.3) is 5.91 Å². The molecule has 0 bridgehead atoms. The van der Waals surface area contributed by atoms with Crippen molar-refractivity contribution in [2.45, 2.75) is 51.9 Å². The maximum absolute atomic E-state index is 12.7. The number of nitrogens with one attached hydrogen (secondary N) is 1. The molecule has 1 N–H and O–H groups in total. The van der Waals surface area contributed by atoms with E-state index >= 15 is 0 Å². The van der Waals surface area contributed by atoms with E-state index < -0.39 is 6.10 Å². The largest absolute Gasteiger partial charge is 0.487 e. The molecule has 1 aliphatic rings. The van der Waals surface area contributed by atoms with Gasteiger partial charge in [0.05, 0.1) is 6.04 Å². The second-order valence-corrected chi connectivity index (χ2v) is 7.19. The smallest absolute Gasteiger partial charge is 0.261 e. The van der Waals surface area contributed by atoms with E-state index in [0.29, 0.717) is 6.42 Å². The molecule has 2 aromatic rings. The maximum Gasteiger partial charge on any atom is 0.261 e. The zero-order chi connectivity index (χ0) is 18.0. The Balaban J connectivity index is 1.73. The minimum atomic E-state index is -0.570. The molecule has 1 aliphatic heterocycles. The van der Waals surface area contributed by atoms with Gasteiger partial charge in [0, 0.05) is 12.0 Å². The predicted molar refractivity (Wildman–Crippen MR) is 97.9 cm³/mol. The monoisotopic (exact) mass is 339 g/mol. The number of benzene rings is 2. The lowest BCUT2D eigenvalue weighted by atomic mass is 9.89. The van der Waals surface area contributed by atoms with Gasteiger partial charge >= 0.3 is 0 Å². The van der Waals surface area contributed by atoms with Gasteiger partial charge in [-0.3, -0.25) is 4.79 Å². The van der Waals surface area contributed by atoms with Gasteiger partial charge in [0.15, 0.2) is 6.10 Å². The number of fused-ring (bicyclic) bond motifs is 1. The molecule has 0 saturated carbocycles. The Morgan fingerprint density at radius 2 is 1.88 bits per heavy atom. The third kappa shape index (κ3) is 3.95. The van der Waals surface area contributed by atoms with Crippen molar-refractivity contribution < 1.29 is 14.3 Å². The molecule has 1 heterocycles. The van der Waals surface area contributed by atoms with Crippen LogP contribution in [-0.2, 0) is 4.79 Å². The molecule has 0 radical (unpaired) electrons. The molecule has 2 atom stereocenters. The number of hydrogen-bond acceptors (Lipinski definition) is 3. The summed E-state index contributed by atoms with van der Waals surface area (Å²) >= 11 is 0. The van der Waals surface area contributed by atoms with E-state index in [1.807, 2.05) is 69.3 Å². The summed E-state index contributed by atoms with van der Waals surface area (Å²) in [6, 6.07) is 15.5. The SMILES string of the molecule is Cc1ccccc1OC(C)C(=O)NC1CC(C)(C)Oc2ccccc21. The van der Waals surface area contributed by atoms with Crippen LogP contribution in [0.5, 0.6) is 11.5 Å². The Hall–Kier alpha value is -2.49. The van der Waals surface area contributed by atoms with E-state index in [4.69, 9.17) is 9.47 Å². The summed E-state index contributed by atoms with van der Waals surface area (Å²) in [6.45, 7) is 7.82. The number of hydrogen-bond donors (Lipinski definition) is 1. The first-order valence-electron chi connectivity index (χ1n) is 8.66. The summed E-state index contributed by atoms with van der Waals surface area (Å²) in [4.78, 5) is 12.7. The van der Waals surface area contributed by atoms with Gasteiger partial charge in [-0.15, -0.1) is 0 Å². The highest BCUT2D eigenvalue weighted by Gasteiger charge is 2.35. The predicted octanol–water partition coefficient (Wildman–Crippen LogP) is 4.18. The molecule has 2 unspecified atom stereocenters. The van der Waals surface area contributed by atoms with Crippen molar-refractivity contribution in [2.75, 3.05) is 0 Å². The molecule has 1 amide bonds. The number of carbonyl (C=O) groups excluding carboxylic acids is 1. The molecule has 0 aliphatic carbocycles. The summed E-state index contributed by atoms with van der Waals surface area (Å²) in [5.74, 6) is 1.44. The Bertz CT molecular complexity index is 769. The lowest BCUT2D eigenvalue weighted by Crippen LogP contribution is -2.44. The van der Waals surface area contributed by atoms with Gasteiger partial charge < -0.3 is 14.8 Å². The summed E-state index contributed by atoms with van der Waals surface area (Å²) in [7, 11) is 0. The van der Waals surface area contributed by atoms with E-state index in [1.165, 1.54) is 0 Å². The fourth-order valence-electron chi connectivity index (χ4n) is 3.15. The number of aryl methyl sites for hydroxylation is 1. The highest BCUT2D eigenvalue weighted by Crippen LogP contribution is 2.39. The zero-order valence-electron chi connectivity index (χ0n) is 15.2. The number of para-hydroxylation sites is 2. The van der Waals surface area contributed by atoms with Crippen LogP contribution in [-0.4, -0.2) is 17.6 Å². The van der Waals surface area contributed by atoms with Crippen LogP contribution in [0.15, 0.2) is 48.5 Å². The standard InChI is InChI=1S/C21H25NO3/c1-14-9-5-7-11-18(14)24-15(2)20(23)22-17-13-21(3,4)25-19-12-8-6-10-16(17)19/h5-12,15,17H,13H2,1-4H3,(H,22,23). The summed E-state index contributed by atoms with van der Waals surface area (Å²) in [6.07, 6.45) is 0.145. The molecule has 0 aromatic heterocycles. The second-order valence-electron chi connectivity index (χ2n) is 7.19. The Morgan fingerprint density at radius 1 is 1.20 bits per heavy atom. The zero-order valence-corrected chi connectivity index (χ0v) is 15.2. The quantitative estimate of drug-likeness (QED) is 0.909. The minimum Gasteiger partial charge on any atom is -0.487 e. The van der Waals surface area contributed by atoms with Crippen LogP contribution in [0.25, 0.3) is 0 Å². The topological polar surface area (TPSA) is 47.6 Å². The van der Waals surface area contributed by atoms with Gasteiger partial charge in [-0.1, -0.05) is 36.4 Å². The number of carbonyl (C=O) groups is 1. The van der Waals surface area contributed by atoms with Crippen LogP contribution in [0.2, 0.25) is 0 Å². The van der Waals surface area contributed by atoms with E-state index in [-0.39, 0.29) is 17.6 Å². The van der Waals surface area contributed by atoms with Crippen molar-refractivity contribution in [3.63, 3.8) is 0 Å². The average molecular weight is 339 g/mol. The third-order valence-corrected chi connectivity index (χ3v) is 4.46. The molecule has 0 fully saturated rings. The van der Waals surface area contributed by atoms with Gasteiger partial charge in [0.1, 0.15) is 17.1 Å². The number of ether oxygens (including phenoxy) is 2. The lowest BCUT2D eigenvalue weighted by molar-refractivity contribution is -0.128. The van der Waals surface area contributed by atoms with E-state index in [2.05, 4.69) is 5.32 Å². The van der Waals surface area contributed by atoms with E-state index in [1.54, 1.807) is 6.92 Å². The number of amides is 1. The van der Waals surface area contributed by atoms with Crippen LogP contribution in [0.4, 0.5) is 0 Å². The summed E-state index contributed by atoms with van der Waals surface area (Å²) in [5, 5.41) is 3.13. The van der Waals surface area contributed by atoms with Gasteiger partial charge in [-0.05, 0) is 45.4 Å². The van der Waals surface area contributed by atoms with Crippen LogP contribution in [0.3, 0.4) is 0 Å². The molecule has 4 heteroatoms. The van der Waals surface area contributed by atoms with Crippen LogP contribution in [0, 0.1) is 6.92 Å². The molecule has 4 nitrogen and oxygen atoms in total. The van der Waals surface area contributed by atoms with Crippen LogP contribution < -0.4 is 14.8 Å². The second kappa shape index (κ2) is 6.79. The minimum absolute atomic E-state index is 0.0876. The maximum atomic E-state index is 12.7. The molecule has 0 spiro atoms. The van der Waals surface area contributed by atoms with Crippen molar-refractivity contribution in [3.8, 4) is 11.5 Å². The molecule has 132 valence electrons. The molecule has 2 aromatic carbocycles. The highest BCUT2D eigenvalue weighted by atomic mass is 16.5. The van der Waals surface area contributed by atoms with E-state index in [9.17, 15) is 4.79 Å². The van der Waals surface area contributed by atoms with Gasteiger partial charge in [-0.2, -0.15) is 0 Å². The molecule has 3 rings (SSSR count). The van der Waals surface area contributed by atoms with Crippen molar-refractivity contribution in [2.24, 2.45) is 0 Å². The lowest BCUT2D eigenvalue weighted by Gasteiger charge is -2.38. The first-order valence-corrected chi connectivity index (χ1v) is 8.66. The summed E-state index contributed by atoms with van der Waals surface area (Å²) in [5.41, 5.74) is 1.70. The van der Waals surface area contributed by atoms with Crippen molar-refractivity contribution in [3.05, 3.63) is 59.7 Å². The molecule has 0 saturated heterocycles. The average Bonchev–Trinajstić information content (AvgIpc) is 2.55. The van der Waals surface area contributed by atoms with Crippen molar-refractivity contribution in [1.82, 2.24) is 5.32 Å². The van der Waals surface area contributed by atoms with Crippen molar-refractivity contribution in [1.29, 1.82) is 0 Å². The van der Waals surface area contributed by atoms with Crippen LogP contribution >= 0.6 is 0 Å². The highest BCUT2D eigenvalue weighted by molar-refractivity contribution is 5.81. The first kappa shape index (κ1) is 17.3. The summed E-state index contributed by atoms with van der Waals surface area (Å²) < 4.78 is 11.9. The fourth-order valence-corrected chi connectivity index (χ4v) is 3.15. The third-order valence-electron chi connectivity index (χ3n) is 4.46. The molecule has 25 heavy (non-hydrogen) atoms. The Kier molecular flexibility index (Phi) is 4.71. The first-order chi connectivity index (χ1) is 11.9.